The van der Waals surface area contributed by atoms with E-state index in [1.165, 1.54) is 6.92 Å². The second-order valence-electron chi connectivity index (χ2n) is 2.17. The van der Waals surface area contributed by atoms with Crippen LogP contribution in [-0.4, -0.2) is 15.0 Å². The van der Waals surface area contributed by atoms with Gasteiger partial charge in [-0.3, -0.25) is 0 Å². The first kappa shape index (κ1) is 9.77. The van der Waals surface area contributed by atoms with Gasteiger partial charge in [0.2, 0.25) is 11.2 Å². The van der Waals surface area contributed by atoms with Crippen LogP contribution in [0.4, 0.5) is 5.95 Å². The van der Waals surface area contributed by atoms with Crippen molar-refractivity contribution in [3.63, 3.8) is 0 Å². The number of hydrogen-bond acceptors (Lipinski definition) is 4. The van der Waals surface area contributed by atoms with Gasteiger partial charge in [0.15, 0.2) is 10.2 Å². The van der Waals surface area contributed by atoms with Crippen LogP contribution in [0, 0.1) is 0 Å². The van der Waals surface area contributed by atoms with Crippen molar-refractivity contribution in [1.29, 1.82) is 0 Å². The van der Waals surface area contributed by atoms with Crippen molar-refractivity contribution in [3.8, 4) is 0 Å². The monoisotopic (exact) mass is 226 g/mol. The number of aromatic nitrogens is 3. The maximum Gasteiger partial charge on any atom is 0.227 e. The minimum absolute atomic E-state index is 0.00229. The van der Waals surface area contributed by atoms with Gasteiger partial charge in [0.1, 0.15) is 0 Å². The van der Waals surface area contributed by atoms with Gasteiger partial charge in [-0.05, 0) is 18.5 Å². The number of alkyl halides is 2. The Morgan fingerprint density at radius 1 is 1.25 bits per heavy atom. The highest BCUT2D eigenvalue weighted by atomic mass is 35.5. The van der Waals surface area contributed by atoms with Crippen LogP contribution < -0.4 is 5.73 Å². The summed E-state index contributed by atoms with van der Waals surface area (Å²) in [5, 5.41) is -0.0231. The van der Waals surface area contributed by atoms with Crippen LogP contribution in [0.25, 0.3) is 0 Å². The highest BCUT2D eigenvalue weighted by molar-refractivity contribution is 6.47. The third kappa shape index (κ3) is 2.33. The van der Waals surface area contributed by atoms with Crippen LogP contribution in [0.15, 0.2) is 0 Å². The standard InChI is InChI=1S/C5H5Cl3N4/c1-5(7,8)2-10-3(6)12-4(9)11-2/h1H3,(H2,9,10,11,12). The van der Waals surface area contributed by atoms with E-state index in [1.54, 1.807) is 0 Å². The van der Waals surface area contributed by atoms with Crippen LogP contribution >= 0.6 is 34.8 Å². The summed E-state index contributed by atoms with van der Waals surface area (Å²) in [7, 11) is 0. The lowest BCUT2D eigenvalue weighted by Crippen LogP contribution is -2.12. The van der Waals surface area contributed by atoms with Crippen LogP contribution in [0.5, 0.6) is 0 Å². The zero-order valence-electron chi connectivity index (χ0n) is 6.05. The van der Waals surface area contributed by atoms with Gasteiger partial charge < -0.3 is 5.73 Å². The summed E-state index contributed by atoms with van der Waals surface area (Å²) in [6, 6.07) is 0. The fraction of sp³-hybridized carbons (Fsp3) is 0.400. The Morgan fingerprint density at radius 3 is 2.25 bits per heavy atom. The molecule has 2 N–H and O–H groups in total. The predicted molar refractivity (Wildman–Crippen MR) is 48.3 cm³/mol. The third-order valence-electron chi connectivity index (χ3n) is 1.02. The van der Waals surface area contributed by atoms with Crippen molar-refractivity contribution in [2.75, 3.05) is 5.73 Å². The van der Waals surface area contributed by atoms with Gasteiger partial charge in [0.05, 0.1) is 0 Å². The first-order valence-corrected chi connectivity index (χ1v) is 4.08. The molecule has 0 atom stereocenters. The normalized spacial score (nSPS) is 11.7. The lowest BCUT2D eigenvalue weighted by molar-refractivity contribution is 0.826. The molecule has 0 bridgehead atoms. The highest BCUT2D eigenvalue weighted by Crippen LogP contribution is 2.30. The molecule has 0 unspecified atom stereocenters. The summed E-state index contributed by atoms with van der Waals surface area (Å²) in [6.07, 6.45) is 0. The van der Waals surface area contributed by atoms with Crippen molar-refractivity contribution in [2.45, 2.75) is 11.3 Å². The van der Waals surface area contributed by atoms with Crippen LogP contribution in [0.3, 0.4) is 0 Å². The van der Waals surface area contributed by atoms with Gasteiger partial charge in [-0.25, -0.2) is 0 Å². The lowest BCUT2D eigenvalue weighted by Gasteiger charge is -2.10. The molecule has 66 valence electrons. The van der Waals surface area contributed by atoms with Gasteiger partial charge in [-0.2, -0.15) is 15.0 Å². The summed E-state index contributed by atoms with van der Waals surface area (Å²) in [6.45, 7) is 1.52. The zero-order valence-corrected chi connectivity index (χ0v) is 8.32. The van der Waals surface area contributed by atoms with Gasteiger partial charge in [-0.15, -0.1) is 0 Å². The first-order chi connectivity index (χ1) is 5.39. The SMILES string of the molecule is CC(Cl)(Cl)c1nc(N)nc(Cl)n1. The molecular weight excluding hydrogens is 222 g/mol. The fourth-order valence-electron chi connectivity index (χ4n) is 0.562. The molecule has 0 aliphatic rings. The van der Waals surface area contributed by atoms with E-state index in [0.29, 0.717) is 0 Å². The number of anilines is 1. The summed E-state index contributed by atoms with van der Waals surface area (Å²) in [5.41, 5.74) is 5.29. The van der Waals surface area contributed by atoms with E-state index in [0.717, 1.165) is 0 Å². The van der Waals surface area contributed by atoms with Crippen molar-refractivity contribution in [1.82, 2.24) is 15.0 Å². The number of rotatable bonds is 1. The molecule has 0 spiro atoms. The molecule has 0 aliphatic carbocycles. The number of nitrogens with zero attached hydrogens (tertiary/aromatic N) is 3. The average molecular weight is 227 g/mol. The van der Waals surface area contributed by atoms with Crippen LogP contribution in [0.2, 0.25) is 5.28 Å². The number of nitrogens with two attached hydrogens (primary N) is 1. The molecule has 0 radical (unpaired) electrons. The van der Waals surface area contributed by atoms with E-state index < -0.39 is 4.33 Å². The molecule has 0 aliphatic heterocycles. The summed E-state index contributed by atoms with van der Waals surface area (Å²) in [5.74, 6) is 0.140. The van der Waals surface area contributed by atoms with E-state index in [-0.39, 0.29) is 17.1 Å². The molecule has 1 aromatic rings. The Labute approximate surface area is 84.1 Å². The molecule has 1 rings (SSSR count). The minimum Gasteiger partial charge on any atom is -0.368 e. The molecule has 0 amide bonds. The smallest absolute Gasteiger partial charge is 0.227 e. The number of nitrogen functional groups attached to an aromatic ring is 1. The third-order valence-corrected chi connectivity index (χ3v) is 1.53. The van der Waals surface area contributed by atoms with E-state index in [9.17, 15) is 0 Å². The lowest BCUT2D eigenvalue weighted by atomic mass is 10.4. The average Bonchev–Trinajstić information content (AvgIpc) is 1.82. The second-order valence-corrected chi connectivity index (χ2v) is 4.22. The van der Waals surface area contributed by atoms with Gasteiger partial charge in [0, 0.05) is 0 Å². The molecule has 4 nitrogen and oxygen atoms in total. The maximum atomic E-state index is 5.70. The zero-order chi connectivity index (χ0) is 9.35. The Bertz CT molecular complexity index is 275. The molecule has 0 fully saturated rings. The predicted octanol–water partition coefficient (Wildman–Crippen LogP) is 1.76. The van der Waals surface area contributed by atoms with E-state index in [1.807, 2.05) is 0 Å². The minimum atomic E-state index is -1.21. The molecule has 1 aromatic heterocycles. The van der Waals surface area contributed by atoms with Gasteiger partial charge in [0.25, 0.3) is 0 Å². The Balaban J connectivity index is 3.18. The first-order valence-electron chi connectivity index (χ1n) is 2.95. The summed E-state index contributed by atoms with van der Waals surface area (Å²) >= 11 is 16.9. The Morgan fingerprint density at radius 2 is 1.83 bits per heavy atom. The van der Waals surface area contributed by atoms with Crippen molar-refractivity contribution < 1.29 is 0 Å². The maximum absolute atomic E-state index is 5.70. The van der Waals surface area contributed by atoms with E-state index in [2.05, 4.69) is 15.0 Å². The van der Waals surface area contributed by atoms with Crippen LogP contribution in [-0.2, 0) is 4.33 Å². The highest BCUT2D eigenvalue weighted by Gasteiger charge is 2.24. The number of hydrogen-bond donors (Lipinski definition) is 1. The molecule has 7 heteroatoms. The topological polar surface area (TPSA) is 64.7 Å². The Hall–Kier alpha value is -0.320. The fourth-order valence-corrected chi connectivity index (χ4v) is 0.897. The largest absolute Gasteiger partial charge is 0.368 e. The molecule has 0 saturated heterocycles. The van der Waals surface area contributed by atoms with Gasteiger partial charge >= 0.3 is 0 Å². The summed E-state index contributed by atoms with van der Waals surface area (Å²) in [4.78, 5) is 11.0. The van der Waals surface area contributed by atoms with Crippen molar-refractivity contribution in [3.05, 3.63) is 11.1 Å². The second kappa shape index (κ2) is 3.20. The Kier molecular flexibility index (Phi) is 2.61. The molecule has 0 saturated carbocycles. The summed E-state index contributed by atoms with van der Waals surface area (Å²) < 4.78 is -1.21. The van der Waals surface area contributed by atoms with Crippen molar-refractivity contribution >= 4 is 40.8 Å². The van der Waals surface area contributed by atoms with Crippen molar-refractivity contribution in [2.24, 2.45) is 0 Å². The quantitative estimate of drug-likeness (QED) is 0.743. The van der Waals surface area contributed by atoms with E-state index >= 15 is 0 Å². The van der Waals surface area contributed by atoms with E-state index in [4.69, 9.17) is 40.5 Å². The molecule has 1 heterocycles. The molecular formula is C5H5Cl3N4. The molecule has 0 aromatic carbocycles. The van der Waals surface area contributed by atoms with Crippen LogP contribution in [0.1, 0.15) is 12.7 Å². The molecule has 12 heavy (non-hydrogen) atoms. The number of halogens is 3. The van der Waals surface area contributed by atoms with Gasteiger partial charge in [-0.1, -0.05) is 23.2 Å².